The van der Waals surface area contributed by atoms with Gasteiger partial charge in [-0.1, -0.05) is 11.6 Å². The van der Waals surface area contributed by atoms with Crippen LogP contribution in [0.25, 0.3) is 0 Å². The fourth-order valence-electron chi connectivity index (χ4n) is 1.24. The molecule has 0 bridgehead atoms. The molecule has 3 nitrogen and oxygen atoms in total. The lowest BCUT2D eigenvalue weighted by atomic mass is 10.1. The second-order valence-electron chi connectivity index (χ2n) is 3.00. The fourth-order valence-corrected chi connectivity index (χ4v) is 1.24. The quantitative estimate of drug-likeness (QED) is 0.731. The lowest BCUT2D eigenvalue weighted by Crippen LogP contribution is -2.12. The van der Waals surface area contributed by atoms with E-state index in [1.54, 1.807) is 7.11 Å². The number of hydrogen-bond acceptors (Lipinski definition) is 3. The van der Waals surface area contributed by atoms with Crippen molar-refractivity contribution in [1.29, 1.82) is 0 Å². The van der Waals surface area contributed by atoms with Crippen molar-refractivity contribution in [3.8, 4) is 5.75 Å². The van der Waals surface area contributed by atoms with E-state index in [0.717, 1.165) is 11.1 Å². The lowest BCUT2D eigenvalue weighted by molar-refractivity contribution is 0.182. The van der Waals surface area contributed by atoms with Crippen LogP contribution >= 0.6 is 0 Å². The van der Waals surface area contributed by atoms with Crippen molar-refractivity contribution >= 4 is 0 Å². The molecule has 1 unspecified atom stereocenters. The SMILES string of the molecule is COc1ccc(C)cc1C(O)CN. The molecule has 0 heterocycles. The number of methoxy groups -OCH3 is 1. The minimum absolute atomic E-state index is 0.208. The van der Waals surface area contributed by atoms with Crippen LogP contribution in [0.2, 0.25) is 0 Å². The molecule has 3 heteroatoms. The van der Waals surface area contributed by atoms with Gasteiger partial charge in [-0.25, -0.2) is 0 Å². The van der Waals surface area contributed by atoms with Crippen LogP contribution in [0.5, 0.6) is 5.75 Å². The highest BCUT2D eigenvalue weighted by Crippen LogP contribution is 2.25. The first-order valence-electron chi connectivity index (χ1n) is 4.21. The Bertz CT molecular complexity index is 286. The number of aryl methyl sites for hydroxylation is 1. The predicted molar refractivity (Wildman–Crippen MR) is 51.7 cm³/mol. The second-order valence-corrected chi connectivity index (χ2v) is 3.00. The second kappa shape index (κ2) is 4.25. The van der Waals surface area contributed by atoms with Crippen molar-refractivity contribution in [3.05, 3.63) is 29.3 Å². The van der Waals surface area contributed by atoms with Crippen LogP contribution < -0.4 is 10.5 Å². The van der Waals surface area contributed by atoms with Gasteiger partial charge in [0.2, 0.25) is 0 Å². The third-order valence-corrected chi connectivity index (χ3v) is 1.97. The summed E-state index contributed by atoms with van der Waals surface area (Å²) < 4.78 is 5.11. The van der Waals surface area contributed by atoms with Gasteiger partial charge >= 0.3 is 0 Å². The molecular weight excluding hydrogens is 166 g/mol. The molecule has 0 saturated carbocycles. The molecule has 13 heavy (non-hydrogen) atoms. The Morgan fingerprint density at radius 1 is 1.54 bits per heavy atom. The smallest absolute Gasteiger partial charge is 0.124 e. The van der Waals surface area contributed by atoms with E-state index >= 15 is 0 Å². The van der Waals surface area contributed by atoms with Gasteiger partial charge in [0.05, 0.1) is 13.2 Å². The van der Waals surface area contributed by atoms with E-state index in [1.807, 2.05) is 25.1 Å². The minimum Gasteiger partial charge on any atom is -0.496 e. The number of nitrogens with two attached hydrogens (primary N) is 1. The van der Waals surface area contributed by atoms with Gasteiger partial charge in [0.1, 0.15) is 5.75 Å². The molecule has 0 aliphatic heterocycles. The number of aliphatic hydroxyl groups is 1. The summed E-state index contributed by atoms with van der Waals surface area (Å²) >= 11 is 0. The molecule has 1 aromatic rings. The van der Waals surface area contributed by atoms with Gasteiger partial charge in [-0.15, -0.1) is 0 Å². The maximum absolute atomic E-state index is 9.56. The first-order valence-corrected chi connectivity index (χ1v) is 4.21. The molecule has 0 radical (unpaired) electrons. The Kier molecular flexibility index (Phi) is 3.28. The fraction of sp³-hybridized carbons (Fsp3) is 0.400. The first kappa shape index (κ1) is 10.0. The Morgan fingerprint density at radius 3 is 2.77 bits per heavy atom. The largest absolute Gasteiger partial charge is 0.496 e. The van der Waals surface area contributed by atoms with E-state index in [4.69, 9.17) is 10.5 Å². The van der Waals surface area contributed by atoms with Gasteiger partial charge < -0.3 is 15.6 Å². The summed E-state index contributed by atoms with van der Waals surface area (Å²) in [4.78, 5) is 0. The molecule has 0 fully saturated rings. The van der Waals surface area contributed by atoms with Gasteiger partial charge in [-0.2, -0.15) is 0 Å². The van der Waals surface area contributed by atoms with E-state index in [-0.39, 0.29) is 6.54 Å². The first-order chi connectivity index (χ1) is 6.19. The third kappa shape index (κ3) is 2.20. The topological polar surface area (TPSA) is 55.5 Å². The molecule has 1 atom stereocenters. The van der Waals surface area contributed by atoms with Crippen LogP contribution in [-0.4, -0.2) is 18.8 Å². The van der Waals surface area contributed by atoms with Crippen molar-refractivity contribution in [2.24, 2.45) is 5.73 Å². The summed E-state index contributed by atoms with van der Waals surface area (Å²) in [6, 6.07) is 5.66. The van der Waals surface area contributed by atoms with Crippen LogP contribution in [0.1, 0.15) is 17.2 Å². The monoisotopic (exact) mass is 181 g/mol. The summed E-state index contributed by atoms with van der Waals surface area (Å²) in [6.07, 6.45) is -0.644. The lowest BCUT2D eigenvalue weighted by Gasteiger charge is -2.13. The molecule has 0 aromatic heterocycles. The average molecular weight is 181 g/mol. The highest BCUT2D eigenvalue weighted by Gasteiger charge is 2.10. The molecule has 1 rings (SSSR count). The third-order valence-electron chi connectivity index (χ3n) is 1.97. The molecule has 0 saturated heterocycles. The summed E-state index contributed by atoms with van der Waals surface area (Å²) in [6.45, 7) is 2.17. The number of aliphatic hydroxyl groups excluding tert-OH is 1. The van der Waals surface area contributed by atoms with Crippen LogP contribution in [0, 0.1) is 6.92 Å². The van der Waals surface area contributed by atoms with Crippen molar-refractivity contribution in [1.82, 2.24) is 0 Å². The van der Waals surface area contributed by atoms with E-state index < -0.39 is 6.10 Å². The van der Waals surface area contributed by atoms with Gasteiger partial charge in [-0.05, 0) is 19.1 Å². The van der Waals surface area contributed by atoms with Gasteiger partial charge in [0.25, 0.3) is 0 Å². The van der Waals surface area contributed by atoms with Crippen LogP contribution in [0.15, 0.2) is 18.2 Å². The molecule has 72 valence electrons. The number of hydrogen-bond donors (Lipinski definition) is 2. The molecular formula is C10H15NO2. The summed E-state index contributed by atoms with van der Waals surface area (Å²) in [5.41, 5.74) is 7.21. The Balaban J connectivity index is 3.07. The summed E-state index contributed by atoms with van der Waals surface area (Å²) in [5, 5.41) is 9.56. The zero-order valence-electron chi connectivity index (χ0n) is 7.95. The summed E-state index contributed by atoms with van der Waals surface area (Å²) in [7, 11) is 1.58. The summed E-state index contributed by atoms with van der Waals surface area (Å²) in [5.74, 6) is 0.684. The molecule has 0 aliphatic carbocycles. The van der Waals surface area contributed by atoms with E-state index in [0.29, 0.717) is 5.75 Å². The number of benzene rings is 1. The van der Waals surface area contributed by atoms with Crippen molar-refractivity contribution in [2.75, 3.05) is 13.7 Å². The molecule has 3 N–H and O–H groups in total. The molecule has 0 amide bonds. The number of ether oxygens (including phenoxy) is 1. The van der Waals surface area contributed by atoms with E-state index in [9.17, 15) is 5.11 Å². The van der Waals surface area contributed by atoms with E-state index in [2.05, 4.69) is 0 Å². The predicted octanol–water partition coefficient (Wildman–Crippen LogP) is 0.996. The van der Waals surface area contributed by atoms with Crippen molar-refractivity contribution in [3.63, 3.8) is 0 Å². The van der Waals surface area contributed by atoms with Crippen molar-refractivity contribution < 1.29 is 9.84 Å². The van der Waals surface area contributed by atoms with Crippen molar-refractivity contribution in [2.45, 2.75) is 13.0 Å². The number of rotatable bonds is 3. The highest BCUT2D eigenvalue weighted by atomic mass is 16.5. The Morgan fingerprint density at radius 2 is 2.23 bits per heavy atom. The maximum atomic E-state index is 9.56. The highest BCUT2D eigenvalue weighted by molar-refractivity contribution is 5.38. The average Bonchev–Trinajstić information content (AvgIpc) is 2.16. The zero-order valence-corrected chi connectivity index (χ0v) is 7.95. The Labute approximate surface area is 78.1 Å². The normalized spacial score (nSPS) is 12.6. The Hall–Kier alpha value is -1.06. The van der Waals surface area contributed by atoms with Gasteiger partial charge in [0.15, 0.2) is 0 Å². The van der Waals surface area contributed by atoms with Gasteiger partial charge in [0, 0.05) is 12.1 Å². The maximum Gasteiger partial charge on any atom is 0.124 e. The minimum atomic E-state index is -0.644. The molecule has 0 spiro atoms. The van der Waals surface area contributed by atoms with E-state index in [1.165, 1.54) is 0 Å². The standard InChI is InChI=1S/C10H15NO2/c1-7-3-4-10(13-2)8(5-7)9(12)6-11/h3-5,9,12H,6,11H2,1-2H3. The van der Waals surface area contributed by atoms with Gasteiger partial charge in [-0.3, -0.25) is 0 Å². The molecule has 1 aromatic carbocycles. The molecule has 0 aliphatic rings. The zero-order chi connectivity index (χ0) is 9.84. The van der Waals surface area contributed by atoms with Crippen LogP contribution in [0.3, 0.4) is 0 Å². The van der Waals surface area contributed by atoms with Crippen LogP contribution in [0.4, 0.5) is 0 Å². The van der Waals surface area contributed by atoms with Crippen LogP contribution in [-0.2, 0) is 0 Å².